The molecule has 6 aliphatic heterocycles. The molecule has 6 aliphatic rings. The van der Waals surface area contributed by atoms with Gasteiger partial charge in [-0.1, -0.05) is 126 Å². The van der Waals surface area contributed by atoms with Crippen molar-refractivity contribution in [2.75, 3.05) is 39.3 Å². The molecule has 3 atom stereocenters. The third-order valence-corrected chi connectivity index (χ3v) is 22.4. The van der Waals surface area contributed by atoms with E-state index in [1.807, 2.05) is 91.0 Å². The van der Waals surface area contributed by atoms with E-state index in [1.165, 1.54) is 32.6 Å². The molecule has 0 saturated heterocycles. The van der Waals surface area contributed by atoms with Crippen LogP contribution in [-0.4, -0.2) is 155 Å². The molecule has 3 aromatic heterocycles. The number of hydrogen-bond acceptors (Lipinski definition) is 10. The molecular formula is C72H64Br3Cl3F2N12O10. The van der Waals surface area contributed by atoms with Gasteiger partial charge in [0.2, 0.25) is 0 Å². The number of aliphatic hydroxyl groups excluding tert-OH is 1. The van der Waals surface area contributed by atoms with Crippen LogP contribution in [0.2, 0.25) is 15.1 Å². The number of hydrogen-bond donors (Lipinski definition) is 1. The van der Waals surface area contributed by atoms with Gasteiger partial charge in [-0.3, -0.25) is 56.2 Å². The highest BCUT2D eigenvalue weighted by atomic mass is 79.9. The standard InChI is InChI=1S/2C24H21BrClFN4O3.C24H22BrClN4O4/c2*25-18-7-6-16(10-19(18)26)22(32)28-8-9-30-20(14-28)21-23(33)29(11-15-4-2-1-3-5-15)12-17(27)13-31(21)24(30)34;25-18-7-6-16(10-19(18)26)22(32)27-8-9-29-20(14-27)21-23(33)28(11-15-4-2-1-3-5-15)12-17(31)13-30(21)24(29)34/h2*1-7,10,17H,8-9,11-14H2;1-7,10,17,31H,8-9,11-14H2/t2*17-;/m10./s1. The van der Waals surface area contributed by atoms with Crippen LogP contribution < -0.4 is 17.1 Å². The van der Waals surface area contributed by atoms with Gasteiger partial charge >= 0.3 is 17.1 Å². The van der Waals surface area contributed by atoms with Crippen molar-refractivity contribution >= 4 is 118 Å². The summed E-state index contributed by atoms with van der Waals surface area (Å²) in [4.78, 5) is 129. The summed E-state index contributed by atoms with van der Waals surface area (Å²) in [6.07, 6.45) is -3.63. The van der Waals surface area contributed by atoms with Crippen LogP contribution in [0, 0.1) is 0 Å². The third kappa shape index (κ3) is 14.7. The first-order valence-corrected chi connectivity index (χ1v) is 36.2. The zero-order valence-electron chi connectivity index (χ0n) is 54.3. The Morgan fingerprint density at radius 2 is 0.667 bits per heavy atom. The number of aromatic nitrogens is 6. The molecule has 528 valence electrons. The molecule has 0 aliphatic carbocycles. The van der Waals surface area contributed by atoms with Gasteiger partial charge in [-0.05, 0) is 119 Å². The largest absolute Gasteiger partial charge is 0.389 e. The molecule has 1 N–H and O–H groups in total. The Kier molecular flexibility index (Phi) is 21.3. The SMILES string of the molecule is O=C(c1ccc(Br)c(Cl)c1)N1CCn2c(c3n(c2=O)CC(O)CN(Cc2ccccc2)C3=O)C1.O=C(c1ccc(Br)c(Cl)c1)N1CCn2c(c3n(c2=O)C[C@@H](F)CN(Cc2ccccc2)C3=O)C1.O=C(c1ccc(Br)c(Cl)c1)N1CCn2c(c3n(c2=O)C[C@H](F)CN(Cc2ccccc2)C3=O)C1. The predicted molar refractivity (Wildman–Crippen MR) is 387 cm³/mol. The third-order valence-electron chi connectivity index (χ3n) is 18.7. The van der Waals surface area contributed by atoms with Gasteiger partial charge in [0.05, 0.1) is 90.6 Å². The number of carbonyl (C=O) groups excluding carboxylic acids is 6. The second-order valence-electron chi connectivity index (χ2n) is 25.4. The van der Waals surface area contributed by atoms with Crippen molar-refractivity contribution < 1.29 is 42.7 Å². The van der Waals surface area contributed by atoms with Crippen molar-refractivity contribution in [3.05, 3.63) is 273 Å². The molecule has 6 aromatic carbocycles. The first kappa shape index (κ1) is 71.7. The number of fused-ring (bicyclic) bond motifs is 9. The molecule has 9 aromatic rings. The molecule has 0 saturated carbocycles. The Bertz CT molecular complexity index is 4510. The summed E-state index contributed by atoms with van der Waals surface area (Å²) in [7, 11) is 0. The smallest absolute Gasteiger partial charge is 0.329 e. The average Bonchev–Trinajstić information content (AvgIpc) is 1.61. The minimum atomic E-state index is -1.38. The fraction of sp³-hybridized carbons (Fsp3) is 0.292. The number of carbonyl (C=O) groups is 6. The van der Waals surface area contributed by atoms with E-state index < -0.39 is 41.6 Å². The molecule has 15 rings (SSSR count). The number of aliphatic hydroxyl groups is 1. The van der Waals surface area contributed by atoms with Gasteiger partial charge in [-0.25, -0.2) is 23.2 Å². The van der Waals surface area contributed by atoms with E-state index in [1.54, 1.807) is 78.8 Å². The van der Waals surface area contributed by atoms with Crippen LogP contribution >= 0.6 is 82.6 Å². The summed E-state index contributed by atoms with van der Waals surface area (Å²) < 4.78 is 40.1. The molecule has 0 bridgehead atoms. The Balaban J connectivity index is 0.000000137. The molecule has 0 fully saturated rings. The number of halogens is 8. The Labute approximate surface area is 622 Å². The molecular weight excluding hydrogens is 1580 g/mol. The van der Waals surface area contributed by atoms with Gasteiger partial charge in [-0.2, -0.15) is 0 Å². The summed E-state index contributed by atoms with van der Waals surface area (Å²) in [5, 5.41) is 11.8. The summed E-state index contributed by atoms with van der Waals surface area (Å²) in [6, 6.07) is 43.1. The number of imidazole rings is 3. The van der Waals surface area contributed by atoms with Gasteiger partial charge < -0.3 is 34.5 Å². The van der Waals surface area contributed by atoms with E-state index in [0.29, 0.717) is 88.4 Å². The van der Waals surface area contributed by atoms with Crippen molar-refractivity contribution in [1.82, 2.24) is 56.8 Å². The maximum atomic E-state index is 14.8. The molecule has 9 heterocycles. The molecule has 30 heteroatoms. The number of amides is 6. The number of nitrogens with zero attached hydrogens (tertiary/aromatic N) is 12. The van der Waals surface area contributed by atoms with Crippen LogP contribution in [0.3, 0.4) is 0 Å². The van der Waals surface area contributed by atoms with Gasteiger partial charge in [0.1, 0.15) is 29.4 Å². The number of alkyl halides is 2. The fourth-order valence-corrected chi connectivity index (χ4v) is 15.0. The van der Waals surface area contributed by atoms with Gasteiger partial charge in [-0.15, -0.1) is 0 Å². The Morgan fingerprint density at radius 3 is 0.961 bits per heavy atom. The van der Waals surface area contributed by atoms with Crippen LogP contribution in [0.1, 0.15) is 96.3 Å². The van der Waals surface area contributed by atoms with E-state index in [4.69, 9.17) is 34.8 Å². The highest BCUT2D eigenvalue weighted by Gasteiger charge is 2.41. The van der Waals surface area contributed by atoms with E-state index in [0.717, 1.165) is 16.7 Å². The first-order valence-electron chi connectivity index (χ1n) is 32.6. The zero-order valence-corrected chi connectivity index (χ0v) is 61.4. The van der Waals surface area contributed by atoms with Crippen LogP contribution in [0.15, 0.2) is 173 Å². The summed E-state index contributed by atoms with van der Waals surface area (Å²) >= 11 is 28.4. The lowest BCUT2D eigenvalue weighted by Gasteiger charge is -2.29. The summed E-state index contributed by atoms with van der Waals surface area (Å²) in [5.41, 5.74) is 4.68. The van der Waals surface area contributed by atoms with Crippen LogP contribution in [0.25, 0.3) is 0 Å². The lowest BCUT2D eigenvalue weighted by Crippen LogP contribution is -2.42. The Hall–Kier alpha value is -8.70. The summed E-state index contributed by atoms with van der Waals surface area (Å²) in [5.74, 6) is -1.87. The minimum absolute atomic E-state index is 0.0292. The molecule has 6 amide bonds. The molecule has 0 spiro atoms. The van der Waals surface area contributed by atoms with E-state index >= 15 is 0 Å². The number of β-amino-alcohol motifs (C(OH)–C–C–N with tert-alkyl or cyclic N) is 1. The van der Waals surface area contributed by atoms with Gasteiger partial charge in [0, 0.05) is 95.6 Å². The van der Waals surface area contributed by atoms with E-state index in [2.05, 4.69) is 47.8 Å². The average molecular weight is 1640 g/mol. The zero-order chi connectivity index (χ0) is 71.9. The van der Waals surface area contributed by atoms with Gasteiger partial charge in [0.25, 0.3) is 35.4 Å². The lowest BCUT2D eigenvalue weighted by molar-refractivity contribution is 0.0616. The highest BCUT2D eigenvalue weighted by Crippen LogP contribution is 2.32. The van der Waals surface area contributed by atoms with Gasteiger partial charge in [0.15, 0.2) is 0 Å². The van der Waals surface area contributed by atoms with Crippen molar-refractivity contribution in [2.24, 2.45) is 0 Å². The topological polar surface area (TPSA) is 223 Å². The van der Waals surface area contributed by atoms with E-state index in [-0.39, 0.29) is 138 Å². The molecule has 0 radical (unpaired) electrons. The maximum Gasteiger partial charge on any atom is 0.329 e. The quantitative estimate of drug-likeness (QED) is 0.144. The van der Waals surface area contributed by atoms with Crippen molar-refractivity contribution in [2.45, 2.75) is 97.0 Å². The number of rotatable bonds is 9. The van der Waals surface area contributed by atoms with Crippen LogP contribution in [0.5, 0.6) is 0 Å². The minimum Gasteiger partial charge on any atom is -0.389 e. The van der Waals surface area contributed by atoms with Crippen molar-refractivity contribution in [3.8, 4) is 0 Å². The van der Waals surface area contributed by atoms with Crippen molar-refractivity contribution in [1.29, 1.82) is 0 Å². The fourth-order valence-electron chi connectivity index (χ4n) is 13.7. The van der Waals surface area contributed by atoms with Crippen LogP contribution in [-0.2, 0) is 78.5 Å². The highest BCUT2D eigenvalue weighted by molar-refractivity contribution is 9.11. The maximum absolute atomic E-state index is 14.8. The lowest BCUT2D eigenvalue weighted by atomic mass is 10.1. The monoisotopic (exact) mass is 1640 g/mol. The number of benzene rings is 6. The Morgan fingerprint density at radius 1 is 0.382 bits per heavy atom. The predicted octanol–water partition coefficient (Wildman–Crippen LogP) is 10.2. The molecule has 22 nitrogen and oxygen atoms in total. The molecule has 1 unspecified atom stereocenters. The second-order valence-corrected chi connectivity index (χ2v) is 29.2. The molecule has 102 heavy (non-hydrogen) atoms. The first-order chi connectivity index (χ1) is 49.0. The van der Waals surface area contributed by atoms with Crippen molar-refractivity contribution in [3.63, 3.8) is 0 Å². The van der Waals surface area contributed by atoms with E-state index in [9.17, 15) is 57.0 Å². The summed E-state index contributed by atoms with van der Waals surface area (Å²) in [6.45, 7) is 2.26. The van der Waals surface area contributed by atoms with Crippen LogP contribution in [0.4, 0.5) is 8.78 Å². The second kappa shape index (κ2) is 30.3. The normalized spacial score (nSPS) is 17.9.